The number of aromatic nitrogens is 2. The van der Waals surface area contributed by atoms with Crippen LogP contribution in [-0.4, -0.2) is 51.9 Å². The molecule has 3 rings (SSSR count). The van der Waals surface area contributed by atoms with Crippen LogP contribution in [0.25, 0.3) is 0 Å². The average Bonchev–Trinajstić information content (AvgIpc) is 3.14. The SMILES string of the molecule is O=C(c1cnccn1)N(CCN1CCCC1)Cc1ccc(Cl)cc1. The Morgan fingerprint density at radius 2 is 1.92 bits per heavy atom. The summed E-state index contributed by atoms with van der Waals surface area (Å²) in [6, 6.07) is 7.61. The van der Waals surface area contributed by atoms with Crippen LogP contribution in [0, 0.1) is 0 Å². The van der Waals surface area contributed by atoms with Gasteiger partial charge in [0, 0.05) is 37.1 Å². The summed E-state index contributed by atoms with van der Waals surface area (Å²) in [7, 11) is 0. The minimum Gasteiger partial charge on any atom is -0.332 e. The number of nitrogens with zero attached hydrogens (tertiary/aromatic N) is 4. The van der Waals surface area contributed by atoms with Gasteiger partial charge in [-0.1, -0.05) is 23.7 Å². The molecule has 0 N–H and O–H groups in total. The van der Waals surface area contributed by atoms with Gasteiger partial charge in [0.05, 0.1) is 6.20 Å². The molecule has 0 unspecified atom stereocenters. The van der Waals surface area contributed by atoms with Crippen molar-refractivity contribution in [2.75, 3.05) is 26.2 Å². The maximum atomic E-state index is 12.8. The molecular formula is C18H21ClN4O. The van der Waals surface area contributed by atoms with Gasteiger partial charge in [0.1, 0.15) is 5.69 Å². The van der Waals surface area contributed by atoms with Crippen molar-refractivity contribution >= 4 is 17.5 Å². The van der Waals surface area contributed by atoms with Crippen LogP contribution >= 0.6 is 11.6 Å². The lowest BCUT2D eigenvalue weighted by Crippen LogP contribution is -2.38. The van der Waals surface area contributed by atoms with E-state index in [0.29, 0.717) is 23.8 Å². The summed E-state index contributed by atoms with van der Waals surface area (Å²) in [5.74, 6) is -0.0859. The fraction of sp³-hybridized carbons (Fsp3) is 0.389. The maximum Gasteiger partial charge on any atom is 0.274 e. The van der Waals surface area contributed by atoms with Gasteiger partial charge in [-0.25, -0.2) is 4.98 Å². The zero-order valence-corrected chi connectivity index (χ0v) is 14.3. The lowest BCUT2D eigenvalue weighted by atomic mass is 10.2. The van der Waals surface area contributed by atoms with Crippen molar-refractivity contribution in [1.29, 1.82) is 0 Å². The number of benzene rings is 1. The van der Waals surface area contributed by atoms with E-state index in [9.17, 15) is 4.79 Å². The molecule has 2 aromatic rings. The maximum absolute atomic E-state index is 12.8. The molecule has 24 heavy (non-hydrogen) atoms. The first-order valence-corrected chi connectivity index (χ1v) is 8.62. The number of carbonyl (C=O) groups excluding carboxylic acids is 1. The molecule has 1 aromatic carbocycles. The van der Waals surface area contributed by atoms with E-state index < -0.39 is 0 Å². The summed E-state index contributed by atoms with van der Waals surface area (Å²) in [6.45, 7) is 4.35. The highest BCUT2D eigenvalue weighted by Gasteiger charge is 2.20. The first kappa shape index (κ1) is 16.9. The highest BCUT2D eigenvalue weighted by molar-refractivity contribution is 6.30. The Bertz CT molecular complexity index is 656. The minimum atomic E-state index is -0.0859. The Morgan fingerprint density at radius 1 is 1.17 bits per heavy atom. The van der Waals surface area contributed by atoms with Gasteiger partial charge in [0.15, 0.2) is 0 Å². The second-order valence-electron chi connectivity index (χ2n) is 5.99. The van der Waals surface area contributed by atoms with Gasteiger partial charge in [-0.2, -0.15) is 0 Å². The molecule has 1 aromatic heterocycles. The monoisotopic (exact) mass is 344 g/mol. The summed E-state index contributed by atoms with van der Waals surface area (Å²) in [6.07, 6.45) is 7.14. The topological polar surface area (TPSA) is 49.3 Å². The molecule has 1 aliphatic rings. The van der Waals surface area contributed by atoms with Crippen LogP contribution in [0.5, 0.6) is 0 Å². The zero-order chi connectivity index (χ0) is 16.8. The Morgan fingerprint density at radius 3 is 2.58 bits per heavy atom. The van der Waals surface area contributed by atoms with Crippen molar-refractivity contribution in [2.45, 2.75) is 19.4 Å². The van der Waals surface area contributed by atoms with Crippen molar-refractivity contribution in [3.63, 3.8) is 0 Å². The number of hydrogen-bond donors (Lipinski definition) is 0. The third-order valence-electron chi connectivity index (χ3n) is 4.24. The van der Waals surface area contributed by atoms with Crippen LogP contribution in [0.1, 0.15) is 28.9 Å². The van der Waals surface area contributed by atoms with E-state index in [0.717, 1.165) is 25.2 Å². The molecule has 0 radical (unpaired) electrons. The van der Waals surface area contributed by atoms with E-state index in [1.165, 1.54) is 19.0 Å². The second-order valence-corrected chi connectivity index (χ2v) is 6.43. The second kappa shape index (κ2) is 8.22. The Balaban J connectivity index is 1.71. The summed E-state index contributed by atoms with van der Waals surface area (Å²) in [5.41, 5.74) is 1.44. The van der Waals surface area contributed by atoms with Crippen LogP contribution in [0.4, 0.5) is 0 Å². The first-order chi connectivity index (χ1) is 11.7. The van der Waals surface area contributed by atoms with Crippen LogP contribution in [0.2, 0.25) is 5.02 Å². The number of carbonyl (C=O) groups is 1. The standard InChI is InChI=1S/C18H21ClN4O/c19-16-5-3-15(4-6-16)14-23(12-11-22-9-1-2-10-22)18(24)17-13-20-7-8-21-17/h3-8,13H,1-2,9-12,14H2. The summed E-state index contributed by atoms with van der Waals surface area (Å²) < 4.78 is 0. The largest absolute Gasteiger partial charge is 0.332 e. The van der Waals surface area contributed by atoms with Crippen LogP contribution < -0.4 is 0 Å². The Labute approximate surface area is 147 Å². The number of halogens is 1. The fourth-order valence-corrected chi connectivity index (χ4v) is 3.03. The molecule has 0 aliphatic carbocycles. The van der Waals surface area contributed by atoms with Crippen molar-refractivity contribution in [1.82, 2.24) is 19.8 Å². The molecule has 0 bridgehead atoms. The van der Waals surface area contributed by atoms with Crippen LogP contribution in [0.15, 0.2) is 42.9 Å². The summed E-state index contributed by atoms with van der Waals surface area (Å²) in [4.78, 5) is 25.2. The molecule has 126 valence electrons. The van der Waals surface area contributed by atoms with Crippen molar-refractivity contribution in [3.8, 4) is 0 Å². The third kappa shape index (κ3) is 4.52. The fourth-order valence-electron chi connectivity index (χ4n) is 2.90. The first-order valence-electron chi connectivity index (χ1n) is 8.24. The Hall–Kier alpha value is -1.98. The minimum absolute atomic E-state index is 0.0859. The average molecular weight is 345 g/mol. The van der Waals surface area contributed by atoms with Crippen LogP contribution in [-0.2, 0) is 6.54 Å². The predicted octanol–water partition coefficient (Wildman–Crippen LogP) is 2.87. The number of hydrogen-bond acceptors (Lipinski definition) is 4. The number of rotatable bonds is 6. The molecule has 0 saturated carbocycles. The van der Waals surface area contributed by atoms with Gasteiger partial charge in [-0.05, 0) is 43.6 Å². The molecule has 1 fully saturated rings. The van der Waals surface area contributed by atoms with E-state index in [1.54, 1.807) is 12.4 Å². The normalized spacial score (nSPS) is 14.7. The lowest BCUT2D eigenvalue weighted by molar-refractivity contribution is 0.0720. The van der Waals surface area contributed by atoms with Crippen LogP contribution in [0.3, 0.4) is 0 Å². The van der Waals surface area contributed by atoms with Gasteiger partial charge in [0.2, 0.25) is 0 Å². The molecule has 0 atom stereocenters. The lowest BCUT2D eigenvalue weighted by Gasteiger charge is -2.25. The van der Waals surface area contributed by atoms with E-state index in [-0.39, 0.29) is 5.91 Å². The van der Waals surface area contributed by atoms with E-state index in [4.69, 9.17) is 11.6 Å². The zero-order valence-electron chi connectivity index (χ0n) is 13.6. The quantitative estimate of drug-likeness (QED) is 0.808. The number of likely N-dealkylation sites (tertiary alicyclic amines) is 1. The van der Waals surface area contributed by atoms with Gasteiger partial charge in [-0.15, -0.1) is 0 Å². The van der Waals surface area contributed by atoms with Gasteiger partial charge in [0.25, 0.3) is 5.91 Å². The molecule has 5 nitrogen and oxygen atoms in total. The Kier molecular flexibility index (Phi) is 5.77. The third-order valence-corrected chi connectivity index (χ3v) is 4.49. The van der Waals surface area contributed by atoms with Gasteiger partial charge >= 0.3 is 0 Å². The van der Waals surface area contributed by atoms with E-state index >= 15 is 0 Å². The van der Waals surface area contributed by atoms with Crippen molar-refractivity contribution in [3.05, 3.63) is 59.1 Å². The summed E-state index contributed by atoms with van der Waals surface area (Å²) >= 11 is 5.95. The molecule has 1 saturated heterocycles. The molecule has 1 amide bonds. The molecule has 0 spiro atoms. The van der Waals surface area contributed by atoms with Crippen molar-refractivity contribution < 1.29 is 4.79 Å². The number of amides is 1. The van der Waals surface area contributed by atoms with E-state index in [1.807, 2.05) is 29.2 Å². The summed E-state index contributed by atoms with van der Waals surface area (Å²) in [5, 5.41) is 0.697. The van der Waals surface area contributed by atoms with Crippen molar-refractivity contribution in [2.24, 2.45) is 0 Å². The smallest absolute Gasteiger partial charge is 0.274 e. The molecule has 1 aliphatic heterocycles. The highest BCUT2D eigenvalue weighted by Crippen LogP contribution is 2.14. The molecule has 6 heteroatoms. The highest BCUT2D eigenvalue weighted by atomic mass is 35.5. The molecule has 2 heterocycles. The van der Waals surface area contributed by atoms with Gasteiger partial charge < -0.3 is 9.80 Å². The molecular weight excluding hydrogens is 324 g/mol. The van der Waals surface area contributed by atoms with Gasteiger partial charge in [-0.3, -0.25) is 9.78 Å². The predicted molar refractivity (Wildman–Crippen MR) is 93.9 cm³/mol. The van der Waals surface area contributed by atoms with E-state index in [2.05, 4.69) is 14.9 Å².